The Morgan fingerprint density at radius 3 is 2.58 bits per heavy atom. The van der Waals surface area contributed by atoms with Crippen molar-refractivity contribution in [3.05, 3.63) is 0 Å². The first kappa shape index (κ1) is 10.4. The Labute approximate surface area is 75.4 Å². The number of hydrogen-bond donors (Lipinski definition) is 0. The maximum atomic E-state index is 5.57. The summed E-state index contributed by atoms with van der Waals surface area (Å²) in [6, 6.07) is 0. The van der Waals surface area contributed by atoms with E-state index in [9.17, 15) is 0 Å². The van der Waals surface area contributed by atoms with Crippen molar-refractivity contribution < 1.29 is 13.6 Å². The van der Waals surface area contributed by atoms with Crippen LogP contribution in [-0.4, -0.2) is 18.3 Å². The molecule has 0 radical (unpaired) electrons. The second kappa shape index (κ2) is 4.01. The van der Waals surface area contributed by atoms with Crippen molar-refractivity contribution in [2.24, 2.45) is 0 Å². The molecule has 1 aliphatic rings. The monoisotopic (exact) mass is 192 g/mol. The van der Waals surface area contributed by atoms with Crippen molar-refractivity contribution in [3.63, 3.8) is 0 Å². The SMILES string of the molecule is C[C@H]1CCO[P@](OC(C)(C)C)O1. The van der Waals surface area contributed by atoms with E-state index in [1.807, 2.05) is 27.7 Å². The lowest BCUT2D eigenvalue weighted by Crippen LogP contribution is -2.22. The van der Waals surface area contributed by atoms with Crippen molar-refractivity contribution in [2.75, 3.05) is 6.61 Å². The highest BCUT2D eigenvalue weighted by Crippen LogP contribution is 2.47. The van der Waals surface area contributed by atoms with E-state index in [1.54, 1.807) is 0 Å². The summed E-state index contributed by atoms with van der Waals surface area (Å²) in [5.41, 5.74) is -0.178. The molecular weight excluding hydrogens is 175 g/mol. The summed E-state index contributed by atoms with van der Waals surface area (Å²) in [5.74, 6) is 0. The summed E-state index contributed by atoms with van der Waals surface area (Å²) >= 11 is 0. The van der Waals surface area contributed by atoms with Crippen LogP contribution in [0, 0.1) is 0 Å². The fourth-order valence-electron chi connectivity index (χ4n) is 0.795. The van der Waals surface area contributed by atoms with Gasteiger partial charge in [0.2, 0.25) is 0 Å². The van der Waals surface area contributed by atoms with Crippen LogP contribution in [0.25, 0.3) is 0 Å². The zero-order valence-corrected chi connectivity index (χ0v) is 9.06. The maximum absolute atomic E-state index is 5.57. The summed E-state index contributed by atoms with van der Waals surface area (Å²) in [5, 5.41) is 0. The molecule has 0 aliphatic carbocycles. The maximum Gasteiger partial charge on any atom is 0.333 e. The summed E-state index contributed by atoms with van der Waals surface area (Å²) in [6.07, 6.45) is 1.24. The van der Waals surface area contributed by atoms with Gasteiger partial charge in [-0.25, -0.2) is 0 Å². The van der Waals surface area contributed by atoms with Crippen LogP contribution >= 0.6 is 8.60 Å². The van der Waals surface area contributed by atoms with E-state index in [-0.39, 0.29) is 11.7 Å². The van der Waals surface area contributed by atoms with Crippen molar-refractivity contribution >= 4 is 8.60 Å². The predicted molar refractivity (Wildman–Crippen MR) is 48.9 cm³/mol. The van der Waals surface area contributed by atoms with E-state index in [1.165, 1.54) is 0 Å². The molecule has 1 fully saturated rings. The Balaban J connectivity index is 2.32. The average molecular weight is 192 g/mol. The van der Waals surface area contributed by atoms with E-state index >= 15 is 0 Å². The Morgan fingerprint density at radius 1 is 1.42 bits per heavy atom. The number of hydrogen-bond acceptors (Lipinski definition) is 3. The molecule has 1 rings (SSSR count). The standard InChI is InChI=1S/C8H17O3P/c1-7-5-6-9-12(10-7)11-8(2,3)4/h7H,5-6H2,1-4H3/t7-,12-/m0/s1. The largest absolute Gasteiger partial charge is 0.333 e. The molecule has 0 aromatic carbocycles. The van der Waals surface area contributed by atoms with Gasteiger partial charge in [-0.1, -0.05) is 0 Å². The molecule has 0 amide bonds. The van der Waals surface area contributed by atoms with Gasteiger partial charge in [-0.2, -0.15) is 0 Å². The van der Waals surface area contributed by atoms with Gasteiger partial charge in [0.25, 0.3) is 0 Å². The van der Waals surface area contributed by atoms with Crippen molar-refractivity contribution in [2.45, 2.75) is 45.8 Å². The fraction of sp³-hybridized carbons (Fsp3) is 1.00. The Kier molecular flexibility index (Phi) is 3.47. The molecule has 4 heteroatoms. The lowest BCUT2D eigenvalue weighted by molar-refractivity contribution is 0.0282. The fourth-order valence-corrected chi connectivity index (χ4v) is 2.05. The van der Waals surface area contributed by atoms with Crippen LogP contribution in [0.2, 0.25) is 0 Å². The molecule has 0 unspecified atom stereocenters. The molecule has 1 heterocycles. The molecule has 3 nitrogen and oxygen atoms in total. The van der Waals surface area contributed by atoms with E-state index in [0.29, 0.717) is 0 Å². The van der Waals surface area contributed by atoms with Crippen LogP contribution in [0.15, 0.2) is 0 Å². The molecule has 0 bridgehead atoms. The summed E-state index contributed by atoms with van der Waals surface area (Å²) < 4.78 is 16.4. The third kappa shape index (κ3) is 3.81. The third-order valence-electron chi connectivity index (χ3n) is 1.34. The first-order valence-electron chi connectivity index (χ1n) is 4.26. The smallest absolute Gasteiger partial charge is 0.312 e. The average Bonchev–Trinajstić information content (AvgIpc) is 1.82. The van der Waals surface area contributed by atoms with Crippen molar-refractivity contribution in [1.29, 1.82) is 0 Å². The quantitative estimate of drug-likeness (QED) is 0.598. The molecule has 2 atom stereocenters. The molecule has 12 heavy (non-hydrogen) atoms. The van der Waals surface area contributed by atoms with Crippen LogP contribution < -0.4 is 0 Å². The first-order chi connectivity index (χ1) is 5.47. The highest BCUT2D eigenvalue weighted by molar-refractivity contribution is 7.41. The van der Waals surface area contributed by atoms with Gasteiger partial charge in [-0.15, -0.1) is 0 Å². The summed E-state index contributed by atoms with van der Waals surface area (Å²) in [7, 11) is -1.10. The Bertz CT molecular complexity index is 144. The molecule has 1 aliphatic heterocycles. The van der Waals surface area contributed by atoms with Gasteiger partial charge in [0.15, 0.2) is 0 Å². The number of rotatable bonds is 1. The minimum absolute atomic E-state index is 0.178. The van der Waals surface area contributed by atoms with Crippen LogP contribution in [0.3, 0.4) is 0 Å². The van der Waals surface area contributed by atoms with Gasteiger partial charge >= 0.3 is 8.60 Å². The van der Waals surface area contributed by atoms with Gasteiger partial charge < -0.3 is 13.6 Å². The molecule has 0 spiro atoms. The van der Waals surface area contributed by atoms with Crippen LogP contribution in [0.5, 0.6) is 0 Å². The van der Waals surface area contributed by atoms with Crippen molar-refractivity contribution in [3.8, 4) is 0 Å². The summed E-state index contributed by atoms with van der Waals surface area (Å²) in [6.45, 7) is 8.80. The topological polar surface area (TPSA) is 27.7 Å². The van der Waals surface area contributed by atoms with Gasteiger partial charge in [0, 0.05) is 0 Å². The van der Waals surface area contributed by atoms with Gasteiger partial charge in [-0.3, -0.25) is 0 Å². The second-order valence-electron chi connectivity index (χ2n) is 3.97. The van der Waals surface area contributed by atoms with E-state index in [0.717, 1.165) is 13.0 Å². The minimum Gasteiger partial charge on any atom is -0.312 e. The normalized spacial score (nSPS) is 32.0. The molecular formula is C8H17O3P. The lowest BCUT2D eigenvalue weighted by atomic mass is 10.2. The molecule has 0 aromatic rings. The van der Waals surface area contributed by atoms with Gasteiger partial charge in [-0.05, 0) is 34.1 Å². The van der Waals surface area contributed by atoms with Crippen LogP contribution in [-0.2, 0) is 13.6 Å². The predicted octanol–water partition coefficient (Wildman–Crippen LogP) is 2.85. The minimum atomic E-state index is -1.10. The second-order valence-corrected chi connectivity index (χ2v) is 5.06. The summed E-state index contributed by atoms with van der Waals surface area (Å²) in [4.78, 5) is 0. The highest BCUT2D eigenvalue weighted by atomic mass is 31.2. The molecule has 0 saturated carbocycles. The highest BCUT2D eigenvalue weighted by Gasteiger charge is 2.27. The first-order valence-corrected chi connectivity index (χ1v) is 5.36. The Morgan fingerprint density at radius 2 is 2.08 bits per heavy atom. The van der Waals surface area contributed by atoms with Crippen LogP contribution in [0.4, 0.5) is 0 Å². The van der Waals surface area contributed by atoms with E-state index in [4.69, 9.17) is 13.6 Å². The Hall–Kier alpha value is 0.310. The van der Waals surface area contributed by atoms with E-state index in [2.05, 4.69) is 0 Å². The van der Waals surface area contributed by atoms with Crippen LogP contribution in [0.1, 0.15) is 34.1 Å². The molecule has 72 valence electrons. The van der Waals surface area contributed by atoms with Gasteiger partial charge in [0.1, 0.15) is 0 Å². The zero-order valence-electron chi connectivity index (χ0n) is 8.16. The third-order valence-corrected chi connectivity index (χ3v) is 2.96. The van der Waals surface area contributed by atoms with Gasteiger partial charge in [0.05, 0.1) is 18.3 Å². The molecule has 0 aromatic heterocycles. The van der Waals surface area contributed by atoms with E-state index < -0.39 is 8.60 Å². The van der Waals surface area contributed by atoms with Crippen molar-refractivity contribution in [1.82, 2.24) is 0 Å². The molecule has 0 N–H and O–H groups in total. The lowest BCUT2D eigenvalue weighted by Gasteiger charge is -2.30. The zero-order chi connectivity index (χ0) is 9.19. The molecule has 1 saturated heterocycles.